The summed E-state index contributed by atoms with van der Waals surface area (Å²) in [6.45, 7) is 5.90. The van der Waals surface area contributed by atoms with Crippen LogP contribution in [0.15, 0.2) is 36.5 Å². The molecular formula is C18H23FN4O2. The van der Waals surface area contributed by atoms with Crippen molar-refractivity contribution in [2.24, 2.45) is 5.41 Å². The average molecular weight is 346 g/mol. The Hall–Kier alpha value is -2.70. The number of amides is 2. The lowest BCUT2D eigenvalue weighted by atomic mass is 9.96. The molecule has 25 heavy (non-hydrogen) atoms. The molecule has 1 aromatic carbocycles. The molecule has 1 aromatic heterocycles. The third-order valence-corrected chi connectivity index (χ3v) is 3.58. The van der Waals surface area contributed by atoms with E-state index >= 15 is 0 Å². The summed E-state index contributed by atoms with van der Waals surface area (Å²) in [6.07, 6.45) is 1.69. The summed E-state index contributed by atoms with van der Waals surface area (Å²) in [5.74, 6) is -0.190. The first kappa shape index (κ1) is 18.6. The SMILES string of the molecule is CC(C)(C)C(=O)NCCC(=O)Nc1ccnn1Cc1ccccc1F. The number of carbonyl (C=O) groups excluding carboxylic acids is 2. The van der Waals surface area contributed by atoms with Crippen molar-refractivity contribution in [1.29, 1.82) is 0 Å². The number of nitrogens with zero attached hydrogens (tertiary/aromatic N) is 2. The molecule has 0 bridgehead atoms. The molecule has 0 aliphatic heterocycles. The third-order valence-electron chi connectivity index (χ3n) is 3.58. The van der Waals surface area contributed by atoms with Gasteiger partial charge in [-0.3, -0.25) is 9.59 Å². The fourth-order valence-corrected chi connectivity index (χ4v) is 2.11. The van der Waals surface area contributed by atoms with Gasteiger partial charge in [0.1, 0.15) is 11.6 Å². The number of anilines is 1. The molecule has 0 fully saturated rings. The van der Waals surface area contributed by atoms with Crippen molar-refractivity contribution in [3.8, 4) is 0 Å². The molecule has 7 heteroatoms. The zero-order valence-electron chi connectivity index (χ0n) is 14.7. The van der Waals surface area contributed by atoms with Gasteiger partial charge in [-0.1, -0.05) is 39.0 Å². The normalized spacial score (nSPS) is 11.2. The highest BCUT2D eigenvalue weighted by molar-refractivity contribution is 5.90. The van der Waals surface area contributed by atoms with Crippen molar-refractivity contribution < 1.29 is 14.0 Å². The Bertz CT molecular complexity index is 750. The molecule has 2 rings (SSSR count). The lowest BCUT2D eigenvalue weighted by molar-refractivity contribution is -0.128. The van der Waals surface area contributed by atoms with E-state index in [0.29, 0.717) is 11.4 Å². The Morgan fingerprint density at radius 1 is 1.20 bits per heavy atom. The standard InChI is InChI=1S/C18H23FN4O2/c1-18(2,3)17(25)20-10-9-16(24)22-15-8-11-21-23(15)12-13-6-4-5-7-14(13)19/h4-8,11H,9-10,12H2,1-3H3,(H,20,25)(H,22,24). The van der Waals surface area contributed by atoms with E-state index in [0.717, 1.165) is 0 Å². The van der Waals surface area contributed by atoms with Crippen molar-refractivity contribution in [3.05, 3.63) is 47.9 Å². The van der Waals surface area contributed by atoms with Crippen LogP contribution in [0, 0.1) is 11.2 Å². The highest BCUT2D eigenvalue weighted by Gasteiger charge is 2.20. The monoisotopic (exact) mass is 346 g/mol. The first-order valence-corrected chi connectivity index (χ1v) is 8.11. The summed E-state index contributed by atoms with van der Waals surface area (Å²) in [5.41, 5.74) is -0.00590. The van der Waals surface area contributed by atoms with E-state index in [1.54, 1.807) is 24.3 Å². The maximum atomic E-state index is 13.7. The van der Waals surface area contributed by atoms with Crippen molar-refractivity contribution in [1.82, 2.24) is 15.1 Å². The second kappa shape index (κ2) is 7.92. The minimum absolute atomic E-state index is 0.107. The molecule has 2 N–H and O–H groups in total. The first-order valence-electron chi connectivity index (χ1n) is 8.11. The number of rotatable bonds is 6. The molecular weight excluding hydrogens is 323 g/mol. The summed E-state index contributed by atoms with van der Waals surface area (Å²) in [6, 6.07) is 8.07. The Balaban J connectivity index is 1.89. The van der Waals surface area contributed by atoms with Crippen molar-refractivity contribution in [2.75, 3.05) is 11.9 Å². The smallest absolute Gasteiger partial charge is 0.227 e. The number of halogens is 1. The van der Waals surface area contributed by atoms with Gasteiger partial charge in [0.05, 0.1) is 12.7 Å². The third kappa shape index (κ3) is 5.41. The number of aromatic nitrogens is 2. The Kier molecular flexibility index (Phi) is 5.90. The zero-order chi connectivity index (χ0) is 18.4. The predicted molar refractivity (Wildman–Crippen MR) is 93.4 cm³/mol. The first-order chi connectivity index (χ1) is 11.8. The number of hydrogen-bond acceptors (Lipinski definition) is 3. The van der Waals surface area contributed by atoms with E-state index in [1.165, 1.54) is 16.9 Å². The van der Waals surface area contributed by atoms with Crippen LogP contribution in [0.25, 0.3) is 0 Å². The van der Waals surface area contributed by atoms with E-state index < -0.39 is 5.41 Å². The molecule has 134 valence electrons. The molecule has 6 nitrogen and oxygen atoms in total. The molecule has 0 aliphatic rings. The molecule has 0 radical (unpaired) electrons. The predicted octanol–water partition coefficient (Wildman–Crippen LogP) is 2.56. The van der Waals surface area contributed by atoms with Crippen LogP contribution >= 0.6 is 0 Å². The maximum Gasteiger partial charge on any atom is 0.227 e. The van der Waals surface area contributed by atoms with Crippen molar-refractivity contribution >= 4 is 17.6 Å². The van der Waals surface area contributed by atoms with Gasteiger partial charge in [0.2, 0.25) is 11.8 Å². The maximum absolute atomic E-state index is 13.7. The molecule has 0 saturated carbocycles. The highest BCUT2D eigenvalue weighted by Crippen LogP contribution is 2.14. The minimum Gasteiger partial charge on any atom is -0.355 e. The van der Waals surface area contributed by atoms with Crippen molar-refractivity contribution in [2.45, 2.75) is 33.7 Å². The molecule has 0 aliphatic carbocycles. The van der Waals surface area contributed by atoms with Gasteiger partial charge in [0.15, 0.2) is 0 Å². The lowest BCUT2D eigenvalue weighted by Crippen LogP contribution is -2.36. The van der Waals surface area contributed by atoms with E-state index in [2.05, 4.69) is 15.7 Å². The topological polar surface area (TPSA) is 76.0 Å². The Morgan fingerprint density at radius 3 is 2.60 bits per heavy atom. The summed E-state index contributed by atoms with van der Waals surface area (Å²) in [4.78, 5) is 23.8. The molecule has 0 spiro atoms. The summed E-state index contributed by atoms with van der Waals surface area (Å²) >= 11 is 0. The second-order valence-corrected chi connectivity index (χ2v) is 6.77. The van der Waals surface area contributed by atoms with Gasteiger partial charge < -0.3 is 10.6 Å². The van der Waals surface area contributed by atoms with Crippen molar-refractivity contribution in [3.63, 3.8) is 0 Å². The largest absolute Gasteiger partial charge is 0.355 e. The molecule has 0 saturated heterocycles. The summed E-state index contributed by atoms with van der Waals surface area (Å²) < 4.78 is 15.3. The lowest BCUT2D eigenvalue weighted by Gasteiger charge is -2.17. The van der Waals surface area contributed by atoms with Gasteiger partial charge in [0, 0.05) is 30.0 Å². The summed E-state index contributed by atoms with van der Waals surface area (Å²) in [5, 5.41) is 9.57. The van der Waals surface area contributed by atoms with Gasteiger partial charge in [-0.05, 0) is 6.07 Å². The van der Waals surface area contributed by atoms with Crippen LogP contribution in [-0.4, -0.2) is 28.1 Å². The van der Waals surface area contributed by atoms with Gasteiger partial charge in [-0.25, -0.2) is 9.07 Å². The minimum atomic E-state index is -0.491. The molecule has 0 unspecified atom stereocenters. The number of benzene rings is 1. The number of carbonyl (C=O) groups is 2. The van der Waals surface area contributed by atoms with Gasteiger partial charge in [0.25, 0.3) is 0 Å². The quantitative estimate of drug-likeness (QED) is 0.844. The molecule has 2 amide bonds. The Morgan fingerprint density at radius 2 is 1.92 bits per heavy atom. The average Bonchev–Trinajstić information content (AvgIpc) is 2.95. The number of hydrogen-bond donors (Lipinski definition) is 2. The van der Waals surface area contributed by atoms with Crippen LogP contribution in [0.2, 0.25) is 0 Å². The molecule has 2 aromatic rings. The molecule has 1 heterocycles. The van der Waals surface area contributed by atoms with Gasteiger partial charge in [-0.15, -0.1) is 0 Å². The fourth-order valence-electron chi connectivity index (χ4n) is 2.11. The van der Waals surface area contributed by atoms with E-state index in [9.17, 15) is 14.0 Å². The van der Waals surface area contributed by atoms with Gasteiger partial charge >= 0.3 is 0 Å². The van der Waals surface area contributed by atoms with Crippen LogP contribution in [0.5, 0.6) is 0 Å². The van der Waals surface area contributed by atoms with E-state index in [-0.39, 0.29) is 37.1 Å². The highest BCUT2D eigenvalue weighted by atomic mass is 19.1. The second-order valence-electron chi connectivity index (χ2n) is 6.77. The zero-order valence-corrected chi connectivity index (χ0v) is 14.7. The van der Waals surface area contributed by atoms with Crippen LogP contribution in [0.3, 0.4) is 0 Å². The van der Waals surface area contributed by atoms with Crippen LogP contribution < -0.4 is 10.6 Å². The summed E-state index contributed by atoms with van der Waals surface area (Å²) in [7, 11) is 0. The van der Waals surface area contributed by atoms with E-state index in [1.807, 2.05) is 20.8 Å². The van der Waals surface area contributed by atoms with Crippen LogP contribution in [-0.2, 0) is 16.1 Å². The van der Waals surface area contributed by atoms with Crippen LogP contribution in [0.1, 0.15) is 32.8 Å². The van der Waals surface area contributed by atoms with Gasteiger partial charge in [-0.2, -0.15) is 5.10 Å². The van der Waals surface area contributed by atoms with E-state index in [4.69, 9.17) is 0 Å². The molecule has 0 atom stereocenters. The van der Waals surface area contributed by atoms with Crippen LogP contribution in [0.4, 0.5) is 10.2 Å². The number of nitrogens with one attached hydrogen (secondary N) is 2. The Labute approximate surface area is 146 Å². The fraction of sp³-hybridized carbons (Fsp3) is 0.389.